The van der Waals surface area contributed by atoms with Crippen LogP contribution < -0.4 is 20.5 Å². The molecule has 2 amide bonds. The number of sulfonamides is 1. The van der Waals surface area contributed by atoms with Crippen LogP contribution in [0.15, 0.2) is 59.5 Å². The SMILES string of the molecule is CC(=O)Nc1cc(C#N)cc(C(=O)c2cc(Cl)ccc2OCC(=O)Nc2ccc(S(N)(=O)=O)cc2C)c1. The Bertz CT molecular complexity index is 1560. The summed E-state index contributed by atoms with van der Waals surface area (Å²) in [6, 6.07) is 14.4. The van der Waals surface area contributed by atoms with Crippen LogP contribution in [0.25, 0.3) is 0 Å². The molecule has 0 aliphatic rings. The Morgan fingerprint density at radius 3 is 2.41 bits per heavy atom. The van der Waals surface area contributed by atoms with Gasteiger partial charge in [0.2, 0.25) is 15.9 Å². The van der Waals surface area contributed by atoms with Crippen molar-refractivity contribution in [3.05, 3.63) is 81.9 Å². The van der Waals surface area contributed by atoms with E-state index in [1.807, 2.05) is 6.07 Å². The van der Waals surface area contributed by atoms with E-state index in [9.17, 15) is 28.1 Å². The fraction of sp³-hybridized carbons (Fsp3) is 0.120. The monoisotopic (exact) mass is 540 g/mol. The number of halogens is 1. The average molecular weight is 541 g/mol. The third-order valence-corrected chi connectivity index (χ3v) is 6.14. The van der Waals surface area contributed by atoms with E-state index in [-0.39, 0.29) is 44.0 Å². The number of primary sulfonamides is 1. The van der Waals surface area contributed by atoms with E-state index in [0.29, 0.717) is 11.3 Å². The lowest BCUT2D eigenvalue weighted by atomic mass is 10.00. The second kappa shape index (κ2) is 11.2. The Balaban J connectivity index is 1.82. The van der Waals surface area contributed by atoms with E-state index in [2.05, 4.69) is 10.6 Å². The first kappa shape index (κ1) is 27.3. The highest BCUT2D eigenvalue weighted by atomic mass is 35.5. The smallest absolute Gasteiger partial charge is 0.262 e. The number of hydrogen-bond acceptors (Lipinski definition) is 7. The molecule has 12 heteroatoms. The van der Waals surface area contributed by atoms with E-state index < -0.39 is 28.3 Å². The van der Waals surface area contributed by atoms with Crippen molar-refractivity contribution in [1.82, 2.24) is 0 Å². The molecule has 10 nitrogen and oxygen atoms in total. The number of carbonyl (C=O) groups excluding carboxylic acids is 3. The number of ether oxygens (including phenoxy) is 1. The molecular weight excluding hydrogens is 520 g/mol. The van der Waals surface area contributed by atoms with Crippen LogP contribution in [-0.2, 0) is 19.6 Å². The van der Waals surface area contributed by atoms with Crippen molar-refractivity contribution in [2.24, 2.45) is 5.14 Å². The number of hydrogen-bond donors (Lipinski definition) is 3. The van der Waals surface area contributed by atoms with Crippen molar-refractivity contribution in [2.75, 3.05) is 17.2 Å². The molecule has 0 saturated carbocycles. The number of nitriles is 1. The van der Waals surface area contributed by atoms with Crippen LogP contribution in [0.5, 0.6) is 5.75 Å². The van der Waals surface area contributed by atoms with Gasteiger partial charge in [-0.2, -0.15) is 5.26 Å². The van der Waals surface area contributed by atoms with Gasteiger partial charge in [0.15, 0.2) is 12.4 Å². The summed E-state index contributed by atoms with van der Waals surface area (Å²) in [4.78, 5) is 37.1. The average Bonchev–Trinajstić information content (AvgIpc) is 2.82. The van der Waals surface area contributed by atoms with Gasteiger partial charge in [-0.25, -0.2) is 13.6 Å². The molecule has 0 radical (unpaired) electrons. The van der Waals surface area contributed by atoms with E-state index in [0.717, 1.165) is 0 Å². The van der Waals surface area contributed by atoms with Gasteiger partial charge in [0.1, 0.15) is 5.75 Å². The summed E-state index contributed by atoms with van der Waals surface area (Å²) in [5.41, 5.74) is 1.38. The predicted octanol–water partition coefficient (Wildman–Crippen LogP) is 3.37. The fourth-order valence-corrected chi connectivity index (χ4v) is 4.11. The summed E-state index contributed by atoms with van der Waals surface area (Å²) in [5.74, 6) is -1.43. The first-order valence-corrected chi connectivity index (χ1v) is 12.5. The van der Waals surface area contributed by atoms with Crippen LogP contribution in [-0.4, -0.2) is 32.6 Å². The highest BCUT2D eigenvalue weighted by Crippen LogP contribution is 2.27. The van der Waals surface area contributed by atoms with Crippen molar-refractivity contribution in [1.29, 1.82) is 5.26 Å². The molecule has 0 bridgehead atoms. The summed E-state index contributed by atoms with van der Waals surface area (Å²) in [6.45, 7) is 2.42. The second-order valence-electron chi connectivity index (χ2n) is 7.92. The number of nitrogens with zero attached hydrogens (tertiary/aromatic N) is 1. The molecule has 190 valence electrons. The zero-order chi connectivity index (χ0) is 27.3. The lowest BCUT2D eigenvalue weighted by molar-refractivity contribution is -0.118. The number of rotatable bonds is 8. The standard InChI is InChI=1S/C25H21ClN4O6S/c1-14-7-20(37(28,34)35)4-5-22(14)30-24(32)13-36-23-6-3-18(26)11-21(23)25(33)17-8-16(12-27)9-19(10-17)29-15(2)31/h3-11H,13H2,1-2H3,(H,29,31)(H,30,32)(H2,28,34,35). The highest BCUT2D eigenvalue weighted by molar-refractivity contribution is 7.89. The van der Waals surface area contributed by atoms with E-state index >= 15 is 0 Å². The number of anilines is 2. The molecule has 0 aliphatic heterocycles. The van der Waals surface area contributed by atoms with Gasteiger partial charge in [-0.15, -0.1) is 0 Å². The zero-order valence-corrected chi connectivity index (χ0v) is 21.2. The Hall–Kier alpha value is -4.24. The van der Waals surface area contributed by atoms with Crippen LogP contribution in [0.3, 0.4) is 0 Å². The van der Waals surface area contributed by atoms with Gasteiger partial charge in [0.25, 0.3) is 5.91 Å². The molecule has 4 N–H and O–H groups in total. The minimum Gasteiger partial charge on any atom is -0.483 e. The molecule has 0 aromatic heterocycles. The lowest BCUT2D eigenvalue weighted by Gasteiger charge is -2.13. The minimum atomic E-state index is -3.89. The van der Waals surface area contributed by atoms with Gasteiger partial charge in [-0.3, -0.25) is 14.4 Å². The van der Waals surface area contributed by atoms with Gasteiger partial charge in [-0.05, 0) is 67.1 Å². The van der Waals surface area contributed by atoms with E-state index in [4.69, 9.17) is 21.5 Å². The Kier molecular flexibility index (Phi) is 8.29. The molecule has 3 rings (SSSR count). The number of carbonyl (C=O) groups is 3. The Morgan fingerprint density at radius 2 is 1.78 bits per heavy atom. The molecule has 3 aromatic carbocycles. The van der Waals surface area contributed by atoms with Crippen molar-refractivity contribution in [2.45, 2.75) is 18.7 Å². The van der Waals surface area contributed by atoms with Crippen molar-refractivity contribution < 1.29 is 27.5 Å². The molecule has 3 aromatic rings. The molecule has 0 heterocycles. The first-order chi connectivity index (χ1) is 17.4. The largest absolute Gasteiger partial charge is 0.483 e. The van der Waals surface area contributed by atoms with Gasteiger partial charge < -0.3 is 15.4 Å². The van der Waals surface area contributed by atoms with Crippen LogP contribution in [0, 0.1) is 18.3 Å². The molecule has 0 fully saturated rings. The molecular formula is C25H21ClN4O6S. The van der Waals surface area contributed by atoms with Gasteiger partial charge in [0, 0.05) is 28.9 Å². The number of amides is 2. The number of nitrogens with one attached hydrogen (secondary N) is 2. The van der Waals surface area contributed by atoms with E-state index in [1.54, 1.807) is 6.92 Å². The van der Waals surface area contributed by atoms with Crippen LogP contribution in [0.1, 0.15) is 34.0 Å². The summed E-state index contributed by atoms with van der Waals surface area (Å²) in [6.07, 6.45) is 0. The van der Waals surface area contributed by atoms with E-state index in [1.165, 1.54) is 61.5 Å². The maximum absolute atomic E-state index is 13.3. The van der Waals surface area contributed by atoms with Crippen LogP contribution >= 0.6 is 11.6 Å². The maximum Gasteiger partial charge on any atom is 0.262 e. The fourth-order valence-electron chi connectivity index (χ4n) is 3.34. The number of ketones is 1. The van der Waals surface area contributed by atoms with Gasteiger partial charge in [-0.1, -0.05) is 11.6 Å². The lowest BCUT2D eigenvalue weighted by Crippen LogP contribution is -2.21. The number of aryl methyl sites for hydroxylation is 1. The Morgan fingerprint density at radius 1 is 1.05 bits per heavy atom. The van der Waals surface area contributed by atoms with Crippen LogP contribution in [0.4, 0.5) is 11.4 Å². The number of benzene rings is 3. The highest BCUT2D eigenvalue weighted by Gasteiger charge is 2.19. The molecule has 0 atom stereocenters. The summed E-state index contributed by atoms with van der Waals surface area (Å²) >= 11 is 6.09. The zero-order valence-electron chi connectivity index (χ0n) is 19.7. The maximum atomic E-state index is 13.3. The quantitative estimate of drug-likeness (QED) is 0.368. The third-order valence-electron chi connectivity index (χ3n) is 4.99. The minimum absolute atomic E-state index is 0.0397. The number of nitrogens with two attached hydrogens (primary N) is 1. The van der Waals surface area contributed by atoms with Crippen LogP contribution in [0.2, 0.25) is 5.02 Å². The van der Waals surface area contributed by atoms with Crippen molar-refractivity contribution >= 4 is 50.6 Å². The van der Waals surface area contributed by atoms with Crippen molar-refractivity contribution in [3.63, 3.8) is 0 Å². The predicted molar refractivity (Wildman–Crippen MR) is 137 cm³/mol. The van der Waals surface area contributed by atoms with Gasteiger partial charge in [0.05, 0.1) is 22.1 Å². The third kappa shape index (κ3) is 7.14. The summed E-state index contributed by atoms with van der Waals surface area (Å²) < 4.78 is 28.6. The molecule has 0 spiro atoms. The summed E-state index contributed by atoms with van der Waals surface area (Å²) in [5, 5.41) is 19.8. The normalized spacial score (nSPS) is 10.8. The Labute approximate surface area is 218 Å². The first-order valence-electron chi connectivity index (χ1n) is 10.6. The summed E-state index contributed by atoms with van der Waals surface area (Å²) in [7, 11) is -3.89. The van der Waals surface area contributed by atoms with Crippen molar-refractivity contribution in [3.8, 4) is 11.8 Å². The molecule has 0 aliphatic carbocycles. The molecule has 0 unspecified atom stereocenters. The molecule has 37 heavy (non-hydrogen) atoms. The second-order valence-corrected chi connectivity index (χ2v) is 9.92. The van der Waals surface area contributed by atoms with Gasteiger partial charge >= 0.3 is 0 Å². The molecule has 0 saturated heterocycles. The topological polar surface area (TPSA) is 168 Å².